The van der Waals surface area contributed by atoms with Gasteiger partial charge in [-0.15, -0.1) is 0 Å². The topological polar surface area (TPSA) is 70.1 Å². The molecule has 1 aliphatic rings. The van der Waals surface area contributed by atoms with Gasteiger partial charge in [0.1, 0.15) is 5.60 Å². The highest BCUT2D eigenvalue weighted by Gasteiger charge is 2.44. The van der Waals surface area contributed by atoms with Crippen LogP contribution in [0.5, 0.6) is 0 Å². The molecule has 0 aromatic heterocycles. The Bertz CT molecular complexity index is 403. The summed E-state index contributed by atoms with van der Waals surface area (Å²) in [4.78, 5) is 27.5. The average Bonchev–Trinajstić information content (AvgIpc) is 2.48. The maximum absolute atomic E-state index is 12.3. The van der Waals surface area contributed by atoms with Crippen LogP contribution in [0, 0.1) is 5.41 Å². The van der Waals surface area contributed by atoms with E-state index < -0.39 is 23.2 Å². The number of amides is 2. The van der Waals surface area contributed by atoms with Gasteiger partial charge in [0.25, 0.3) is 0 Å². The zero-order valence-electron chi connectivity index (χ0n) is 14.0. The first kappa shape index (κ1) is 17.8. The molecular formula is C15H28N2O4. The van der Waals surface area contributed by atoms with E-state index in [9.17, 15) is 14.7 Å². The smallest absolute Gasteiger partial charge is 0.410 e. The monoisotopic (exact) mass is 300 g/mol. The number of likely N-dealkylation sites (tertiary alicyclic amines) is 1. The van der Waals surface area contributed by atoms with E-state index >= 15 is 0 Å². The second kappa shape index (κ2) is 6.22. The van der Waals surface area contributed by atoms with Crippen molar-refractivity contribution in [2.45, 2.75) is 52.2 Å². The van der Waals surface area contributed by atoms with Gasteiger partial charge in [0.2, 0.25) is 5.91 Å². The molecule has 0 aliphatic carbocycles. The van der Waals surface area contributed by atoms with Crippen LogP contribution in [0.4, 0.5) is 4.79 Å². The number of nitrogens with zero attached hydrogens (tertiary/aromatic N) is 2. The van der Waals surface area contributed by atoms with Crippen molar-refractivity contribution in [2.75, 3.05) is 27.2 Å². The van der Waals surface area contributed by atoms with Gasteiger partial charge in [-0.2, -0.15) is 0 Å². The molecule has 1 fully saturated rings. The lowest BCUT2D eigenvalue weighted by Crippen LogP contribution is -2.46. The zero-order chi connectivity index (χ0) is 16.4. The van der Waals surface area contributed by atoms with Gasteiger partial charge in [-0.25, -0.2) is 4.79 Å². The van der Waals surface area contributed by atoms with E-state index in [1.807, 2.05) is 20.8 Å². The first-order valence-electron chi connectivity index (χ1n) is 7.35. The van der Waals surface area contributed by atoms with Gasteiger partial charge < -0.3 is 19.6 Å². The molecule has 1 aliphatic heterocycles. The Labute approximate surface area is 127 Å². The number of hydrogen-bond donors (Lipinski definition) is 1. The quantitative estimate of drug-likeness (QED) is 0.796. The lowest BCUT2D eigenvalue weighted by atomic mass is 9.79. The molecule has 1 heterocycles. The van der Waals surface area contributed by atoms with E-state index in [2.05, 4.69) is 0 Å². The maximum atomic E-state index is 12.3. The molecule has 1 saturated heterocycles. The Morgan fingerprint density at radius 2 is 1.86 bits per heavy atom. The van der Waals surface area contributed by atoms with Crippen molar-refractivity contribution < 1.29 is 19.4 Å². The Morgan fingerprint density at radius 1 is 1.29 bits per heavy atom. The first-order chi connectivity index (χ1) is 9.47. The van der Waals surface area contributed by atoms with E-state index in [4.69, 9.17) is 4.74 Å². The third kappa shape index (κ3) is 4.33. The number of aliphatic hydroxyl groups excluding tert-OH is 1. The molecule has 1 rings (SSSR count). The number of carbonyl (C=O) groups is 2. The average molecular weight is 300 g/mol. The van der Waals surface area contributed by atoms with E-state index in [1.165, 1.54) is 4.90 Å². The minimum atomic E-state index is -0.861. The number of rotatable bonds is 1. The third-order valence-corrected chi connectivity index (χ3v) is 3.86. The molecule has 0 bridgehead atoms. The summed E-state index contributed by atoms with van der Waals surface area (Å²) in [5.74, 6) is -0.110. The minimum absolute atomic E-state index is 0.110. The lowest BCUT2D eigenvalue weighted by molar-refractivity contribution is -0.145. The Morgan fingerprint density at radius 3 is 2.33 bits per heavy atom. The Balaban J connectivity index is 2.81. The van der Waals surface area contributed by atoms with Crippen molar-refractivity contribution in [3.63, 3.8) is 0 Å². The maximum Gasteiger partial charge on any atom is 0.410 e. The van der Waals surface area contributed by atoms with Gasteiger partial charge in [-0.3, -0.25) is 4.79 Å². The fourth-order valence-corrected chi connectivity index (χ4v) is 2.51. The van der Waals surface area contributed by atoms with Gasteiger partial charge in [-0.1, -0.05) is 0 Å². The van der Waals surface area contributed by atoms with Crippen LogP contribution in [0.15, 0.2) is 0 Å². The molecule has 2 atom stereocenters. The van der Waals surface area contributed by atoms with Gasteiger partial charge in [0.05, 0.1) is 11.5 Å². The summed E-state index contributed by atoms with van der Waals surface area (Å²) in [7, 11) is 3.35. The molecule has 21 heavy (non-hydrogen) atoms. The van der Waals surface area contributed by atoms with Crippen LogP contribution >= 0.6 is 0 Å². The second-order valence-electron chi connectivity index (χ2n) is 7.14. The fraction of sp³-hybridized carbons (Fsp3) is 0.867. The third-order valence-electron chi connectivity index (χ3n) is 3.86. The SMILES string of the molecule is CN(C)C(=O)[C@@]1(C)CCN(C(=O)OC(C)(C)C)CC[C@H]1O. The summed E-state index contributed by atoms with van der Waals surface area (Å²) in [6.45, 7) is 8.01. The summed E-state index contributed by atoms with van der Waals surface area (Å²) in [5.41, 5.74) is -1.41. The summed E-state index contributed by atoms with van der Waals surface area (Å²) in [6, 6.07) is 0. The highest BCUT2D eigenvalue weighted by Crippen LogP contribution is 2.33. The van der Waals surface area contributed by atoms with Crippen LogP contribution in [-0.4, -0.2) is 65.8 Å². The van der Waals surface area contributed by atoms with Crippen molar-refractivity contribution in [3.05, 3.63) is 0 Å². The largest absolute Gasteiger partial charge is 0.444 e. The number of ether oxygens (including phenoxy) is 1. The summed E-state index contributed by atoms with van der Waals surface area (Å²) < 4.78 is 5.35. The van der Waals surface area contributed by atoms with Crippen LogP contribution in [0.3, 0.4) is 0 Å². The zero-order valence-corrected chi connectivity index (χ0v) is 14.0. The van der Waals surface area contributed by atoms with E-state index in [-0.39, 0.29) is 5.91 Å². The van der Waals surface area contributed by atoms with E-state index in [0.29, 0.717) is 25.9 Å². The fourth-order valence-electron chi connectivity index (χ4n) is 2.51. The van der Waals surface area contributed by atoms with Gasteiger partial charge in [-0.05, 0) is 40.5 Å². The van der Waals surface area contributed by atoms with Crippen molar-refractivity contribution >= 4 is 12.0 Å². The molecule has 0 saturated carbocycles. The highest BCUT2D eigenvalue weighted by molar-refractivity contribution is 5.82. The molecule has 6 nitrogen and oxygen atoms in total. The van der Waals surface area contributed by atoms with Gasteiger partial charge >= 0.3 is 6.09 Å². The number of hydrogen-bond acceptors (Lipinski definition) is 4. The van der Waals surface area contributed by atoms with Gasteiger partial charge in [0.15, 0.2) is 0 Å². The van der Waals surface area contributed by atoms with Crippen LogP contribution in [0.1, 0.15) is 40.5 Å². The molecule has 0 radical (unpaired) electrons. The van der Waals surface area contributed by atoms with Crippen LogP contribution in [0.2, 0.25) is 0 Å². The van der Waals surface area contributed by atoms with Crippen molar-refractivity contribution in [2.24, 2.45) is 5.41 Å². The van der Waals surface area contributed by atoms with Crippen molar-refractivity contribution in [1.29, 1.82) is 0 Å². The summed E-state index contributed by atoms with van der Waals surface area (Å²) in [6.07, 6.45) is -0.365. The number of aliphatic hydroxyl groups is 1. The van der Waals surface area contributed by atoms with Gasteiger partial charge in [0, 0.05) is 27.2 Å². The van der Waals surface area contributed by atoms with Crippen LogP contribution in [0.25, 0.3) is 0 Å². The molecule has 122 valence electrons. The van der Waals surface area contributed by atoms with E-state index in [0.717, 1.165) is 0 Å². The lowest BCUT2D eigenvalue weighted by Gasteiger charge is -2.33. The predicted octanol–water partition coefficient (Wildman–Crippen LogP) is 1.47. The Hall–Kier alpha value is -1.30. The number of carbonyl (C=O) groups excluding carboxylic acids is 2. The normalized spacial score (nSPS) is 27.0. The molecular weight excluding hydrogens is 272 g/mol. The first-order valence-corrected chi connectivity index (χ1v) is 7.35. The van der Waals surface area contributed by atoms with Crippen LogP contribution < -0.4 is 0 Å². The molecule has 6 heteroatoms. The molecule has 2 amide bonds. The van der Waals surface area contributed by atoms with E-state index in [1.54, 1.807) is 25.9 Å². The molecule has 0 spiro atoms. The Kier molecular flexibility index (Phi) is 5.25. The summed E-state index contributed by atoms with van der Waals surface area (Å²) in [5, 5.41) is 10.3. The molecule has 1 N–H and O–H groups in total. The second-order valence-corrected chi connectivity index (χ2v) is 7.14. The highest BCUT2D eigenvalue weighted by atomic mass is 16.6. The molecule has 0 aromatic rings. The van der Waals surface area contributed by atoms with Crippen molar-refractivity contribution in [1.82, 2.24) is 9.80 Å². The van der Waals surface area contributed by atoms with Crippen LogP contribution in [-0.2, 0) is 9.53 Å². The minimum Gasteiger partial charge on any atom is -0.444 e. The van der Waals surface area contributed by atoms with Crippen molar-refractivity contribution in [3.8, 4) is 0 Å². The molecule has 0 unspecified atom stereocenters. The standard InChI is InChI=1S/C15H28N2O4/c1-14(2,3)21-13(20)17-9-7-11(18)15(4,8-10-17)12(19)16(5)6/h11,18H,7-10H2,1-6H3/t11-,15+/m1/s1. The molecule has 0 aromatic carbocycles. The predicted molar refractivity (Wildman–Crippen MR) is 79.8 cm³/mol. The summed E-state index contributed by atoms with van der Waals surface area (Å²) >= 11 is 0.